The van der Waals surface area contributed by atoms with Crippen molar-refractivity contribution >= 4 is 11.9 Å². The Morgan fingerprint density at radius 1 is 0.833 bits per heavy atom. The molecule has 0 aliphatic carbocycles. The van der Waals surface area contributed by atoms with Gasteiger partial charge in [-0.2, -0.15) is 26.3 Å². The van der Waals surface area contributed by atoms with Gasteiger partial charge in [0.25, 0.3) is 0 Å². The Balaban J connectivity index is 0.000000271. The van der Waals surface area contributed by atoms with E-state index in [1.54, 1.807) is 18.4 Å². The zero-order chi connectivity index (χ0) is 27.1. The number of hydrogen-bond acceptors (Lipinski definition) is 5. The number of benzene rings is 1. The molecule has 1 aromatic heterocycles. The standard InChI is InChI=1S/C18H21FN2O.2C2HF3O2/c19-17-4-1-3-14(7-17)8-20-9-15-11-21(12-16(15)10-20)13-18-5-2-6-22-18;2*3-2(4,5)1(6)7/h1-7,15-16H,8-13H2;2*(H,6,7). The lowest BCUT2D eigenvalue weighted by Crippen LogP contribution is -2.28. The van der Waals surface area contributed by atoms with Crippen molar-refractivity contribution in [1.82, 2.24) is 9.80 Å². The molecular formula is C22H23F7N2O5. The predicted molar refractivity (Wildman–Crippen MR) is 110 cm³/mol. The van der Waals surface area contributed by atoms with Crippen molar-refractivity contribution in [1.29, 1.82) is 0 Å². The normalized spacial score (nSPS) is 20.1. The summed E-state index contributed by atoms with van der Waals surface area (Å²) in [5.41, 5.74) is 1.08. The van der Waals surface area contributed by atoms with E-state index in [0.717, 1.165) is 62.4 Å². The van der Waals surface area contributed by atoms with E-state index < -0.39 is 24.3 Å². The van der Waals surface area contributed by atoms with Crippen LogP contribution >= 0.6 is 0 Å². The molecular weight excluding hydrogens is 505 g/mol. The Kier molecular flexibility index (Phi) is 9.87. The molecule has 2 aliphatic rings. The van der Waals surface area contributed by atoms with Gasteiger partial charge in [-0.3, -0.25) is 9.80 Å². The summed E-state index contributed by atoms with van der Waals surface area (Å²) in [6.07, 6.45) is -8.42. The van der Waals surface area contributed by atoms with E-state index in [9.17, 15) is 30.7 Å². The first-order chi connectivity index (χ1) is 16.6. The van der Waals surface area contributed by atoms with E-state index in [0.29, 0.717) is 0 Å². The third-order valence-electron chi connectivity index (χ3n) is 5.38. The van der Waals surface area contributed by atoms with Crippen LogP contribution in [0.4, 0.5) is 30.7 Å². The molecule has 0 saturated carbocycles. The van der Waals surface area contributed by atoms with Crippen molar-refractivity contribution in [2.45, 2.75) is 25.4 Å². The van der Waals surface area contributed by atoms with Crippen molar-refractivity contribution in [3.63, 3.8) is 0 Å². The number of nitrogens with zero attached hydrogens (tertiary/aromatic N) is 2. The van der Waals surface area contributed by atoms with E-state index in [1.165, 1.54) is 6.07 Å². The zero-order valence-corrected chi connectivity index (χ0v) is 18.6. The quantitative estimate of drug-likeness (QED) is 0.574. The number of aliphatic carboxylic acids is 2. The SMILES string of the molecule is Fc1cccc(CN2CC3CN(Cc4ccco4)CC3C2)c1.O=C(O)C(F)(F)F.O=C(O)C(F)(F)F. The molecule has 200 valence electrons. The molecule has 1 aromatic carbocycles. The number of carbonyl (C=O) groups is 2. The molecule has 2 aliphatic heterocycles. The van der Waals surface area contributed by atoms with Crippen LogP contribution in [-0.2, 0) is 22.7 Å². The molecule has 0 spiro atoms. The fourth-order valence-electron chi connectivity index (χ4n) is 3.96. The lowest BCUT2D eigenvalue weighted by molar-refractivity contribution is -0.193. The molecule has 2 unspecified atom stereocenters. The largest absolute Gasteiger partial charge is 0.490 e. The summed E-state index contributed by atoms with van der Waals surface area (Å²) in [7, 11) is 0. The second kappa shape index (κ2) is 12.2. The molecule has 4 rings (SSSR count). The second-order valence-electron chi connectivity index (χ2n) is 8.22. The van der Waals surface area contributed by atoms with Gasteiger partial charge in [-0.05, 0) is 41.7 Å². The summed E-state index contributed by atoms with van der Waals surface area (Å²) < 4.78 is 82.2. The topological polar surface area (TPSA) is 94.2 Å². The first kappa shape index (κ1) is 29.1. The third kappa shape index (κ3) is 9.49. The summed E-state index contributed by atoms with van der Waals surface area (Å²) in [4.78, 5) is 22.8. The van der Waals surface area contributed by atoms with Crippen LogP contribution in [0.15, 0.2) is 47.1 Å². The van der Waals surface area contributed by atoms with Crippen molar-refractivity contribution in [3.8, 4) is 0 Å². The zero-order valence-electron chi connectivity index (χ0n) is 18.6. The van der Waals surface area contributed by atoms with Crippen molar-refractivity contribution in [2.75, 3.05) is 26.2 Å². The van der Waals surface area contributed by atoms with Crippen molar-refractivity contribution < 1.29 is 55.0 Å². The molecule has 36 heavy (non-hydrogen) atoms. The first-order valence-electron chi connectivity index (χ1n) is 10.5. The van der Waals surface area contributed by atoms with Gasteiger partial charge in [0.15, 0.2) is 0 Å². The average molecular weight is 528 g/mol. The number of carboxylic acids is 2. The number of carboxylic acid groups (broad SMARTS) is 2. The van der Waals surface area contributed by atoms with Gasteiger partial charge in [0.2, 0.25) is 0 Å². The lowest BCUT2D eigenvalue weighted by Gasteiger charge is -2.20. The highest BCUT2D eigenvalue weighted by Gasteiger charge is 2.40. The minimum Gasteiger partial charge on any atom is -0.475 e. The minimum absolute atomic E-state index is 0.137. The molecule has 2 aromatic rings. The Labute approximate surface area is 200 Å². The molecule has 0 amide bonds. The maximum absolute atomic E-state index is 13.3. The Bertz CT molecular complexity index is 957. The van der Waals surface area contributed by atoms with Crippen LogP contribution in [0.3, 0.4) is 0 Å². The third-order valence-corrected chi connectivity index (χ3v) is 5.38. The van der Waals surface area contributed by atoms with Gasteiger partial charge in [0, 0.05) is 32.7 Å². The summed E-state index contributed by atoms with van der Waals surface area (Å²) in [5.74, 6) is -3.12. The van der Waals surface area contributed by atoms with E-state index >= 15 is 0 Å². The van der Waals surface area contributed by atoms with Crippen LogP contribution in [0, 0.1) is 17.7 Å². The summed E-state index contributed by atoms with van der Waals surface area (Å²) in [6, 6.07) is 11.0. The van der Waals surface area contributed by atoms with Gasteiger partial charge >= 0.3 is 24.3 Å². The van der Waals surface area contributed by atoms with Crippen LogP contribution in [0.1, 0.15) is 11.3 Å². The molecule has 14 heteroatoms. The fraction of sp³-hybridized carbons (Fsp3) is 0.455. The maximum atomic E-state index is 13.3. The maximum Gasteiger partial charge on any atom is 0.490 e. The van der Waals surface area contributed by atoms with Gasteiger partial charge in [-0.15, -0.1) is 0 Å². The summed E-state index contributed by atoms with van der Waals surface area (Å²) in [5, 5.41) is 14.2. The highest BCUT2D eigenvalue weighted by Crippen LogP contribution is 2.32. The smallest absolute Gasteiger partial charge is 0.475 e. The molecule has 2 saturated heterocycles. The first-order valence-corrected chi connectivity index (χ1v) is 10.5. The van der Waals surface area contributed by atoms with Crippen LogP contribution in [0.25, 0.3) is 0 Å². The molecule has 2 N–H and O–H groups in total. The summed E-state index contributed by atoms with van der Waals surface area (Å²) >= 11 is 0. The molecule has 0 radical (unpaired) electrons. The molecule has 7 nitrogen and oxygen atoms in total. The number of fused-ring (bicyclic) bond motifs is 1. The second-order valence-corrected chi connectivity index (χ2v) is 8.22. The van der Waals surface area contributed by atoms with Gasteiger partial charge in [0.05, 0.1) is 12.8 Å². The summed E-state index contributed by atoms with van der Waals surface area (Å²) in [6.45, 7) is 6.31. The molecule has 3 heterocycles. The monoisotopic (exact) mass is 528 g/mol. The highest BCUT2D eigenvalue weighted by atomic mass is 19.4. The highest BCUT2D eigenvalue weighted by molar-refractivity contribution is 5.73. The Morgan fingerprint density at radius 2 is 1.31 bits per heavy atom. The fourth-order valence-corrected chi connectivity index (χ4v) is 3.96. The van der Waals surface area contributed by atoms with Crippen molar-refractivity contribution in [3.05, 3.63) is 59.8 Å². The van der Waals surface area contributed by atoms with E-state index in [4.69, 9.17) is 24.2 Å². The van der Waals surface area contributed by atoms with Crippen LogP contribution < -0.4 is 0 Å². The van der Waals surface area contributed by atoms with Crippen LogP contribution in [-0.4, -0.2) is 70.5 Å². The van der Waals surface area contributed by atoms with E-state index in [1.807, 2.05) is 18.2 Å². The average Bonchev–Trinajstić information content (AvgIpc) is 3.45. The number of alkyl halides is 6. The number of likely N-dealkylation sites (tertiary alicyclic amines) is 2. The van der Waals surface area contributed by atoms with Crippen LogP contribution in [0.5, 0.6) is 0 Å². The number of rotatable bonds is 4. The number of halogens is 7. The molecule has 0 bridgehead atoms. The predicted octanol–water partition coefficient (Wildman–Crippen LogP) is 4.25. The van der Waals surface area contributed by atoms with Gasteiger partial charge in [0.1, 0.15) is 11.6 Å². The van der Waals surface area contributed by atoms with E-state index in [-0.39, 0.29) is 5.82 Å². The van der Waals surface area contributed by atoms with Crippen LogP contribution in [0.2, 0.25) is 0 Å². The van der Waals surface area contributed by atoms with E-state index in [2.05, 4.69) is 9.80 Å². The Morgan fingerprint density at radius 3 is 1.69 bits per heavy atom. The van der Waals surface area contributed by atoms with Gasteiger partial charge < -0.3 is 14.6 Å². The molecule has 2 fully saturated rings. The molecule has 2 atom stereocenters. The number of hydrogen-bond donors (Lipinski definition) is 2. The van der Waals surface area contributed by atoms with Gasteiger partial charge in [-0.25, -0.2) is 14.0 Å². The van der Waals surface area contributed by atoms with Crippen molar-refractivity contribution in [2.24, 2.45) is 11.8 Å². The minimum atomic E-state index is -5.08. The lowest BCUT2D eigenvalue weighted by atomic mass is 10.0. The number of furan rings is 1. The van der Waals surface area contributed by atoms with Gasteiger partial charge in [-0.1, -0.05) is 12.1 Å². The Hall–Kier alpha value is -3.13.